The number of para-hydroxylation sites is 1. The summed E-state index contributed by atoms with van der Waals surface area (Å²) in [4.78, 5) is 6.22. The van der Waals surface area contributed by atoms with Gasteiger partial charge >= 0.3 is 0 Å². The van der Waals surface area contributed by atoms with E-state index in [4.69, 9.17) is 0 Å². The summed E-state index contributed by atoms with van der Waals surface area (Å²) >= 11 is 0. The lowest BCUT2D eigenvalue weighted by molar-refractivity contribution is 0.217. The van der Waals surface area contributed by atoms with Crippen LogP contribution in [0.25, 0.3) is 10.9 Å². The molecule has 2 aliphatic heterocycles. The van der Waals surface area contributed by atoms with Crippen molar-refractivity contribution in [2.24, 2.45) is 5.41 Å². The van der Waals surface area contributed by atoms with Crippen molar-refractivity contribution in [1.29, 1.82) is 0 Å². The van der Waals surface area contributed by atoms with E-state index in [1.807, 2.05) is 0 Å². The molecule has 21 heavy (non-hydrogen) atoms. The Labute approximate surface area is 126 Å². The summed E-state index contributed by atoms with van der Waals surface area (Å²) in [6.07, 6.45) is 10.2. The fourth-order valence-electron chi connectivity index (χ4n) is 3.92. The molecule has 3 heterocycles. The highest BCUT2D eigenvalue weighted by Gasteiger charge is 2.30. The van der Waals surface area contributed by atoms with Crippen LogP contribution in [-0.4, -0.2) is 29.5 Å². The third-order valence-corrected chi connectivity index (χ3v) is 5.16. The maximum absolute atomic E-state index is 4.11. The molecule has 0 aliphatic carbocycles. The number of nitrogens with zero attached hydrogens (tertiary/aromatic N) is 1. The molecule has 2 aromatic rings. The quantitative estimate of drug-likeness (QED) is 0.788. The van der Waals surface area contributed by atoms with Gasteiger partial charge in [0.2, 0.25) is 0 Å². The molecule has 2 heteroatoms. The minimum atomic E-state index is 0.150. The number of hydrogen-bond acceptors (Lipinski definition) is 1. The minimum absolute atomic E-state index is 0.150. The van der Waals surface area contributed by atoms with Gasteiger partial charge in [0.1, 0.15) is 0 Å². The van der Waals surface area contributed by atoms with Crippen LogP contribution >= 0.6 is 0 Å². The second kappa shape index (κ2) is 4.88. The Morgan fingerprint density at radius 3 is 3.05 bits per heavy atom. The van der Waals surface area contributed by atoms with Gasteiger partial charge in [0.15, 0.2) is 0 Å². The Morgan fingerprint density at radius 2 is 2.14 bits per heavy atom. The van der Waals surface area contributed by atoms with Gasteiger partial charge in [0, 0.05) is 41.6 Å². The van der Waals surface area contributed by atoms with E-state index >= 15 is 0 Å². The van der Waals surface area contributed by atoms with Gasteiger partial charge < -0.3 is 4.98 Å². The van der Waals surface area contributed by atoms with Gasteiger partial charge in [0.05, 0.1) is 0 Å². The molecule has 0 radical (unpaired) electrons. The molecule has 0 spiro atoms. The van der Waals surface area contributed by atoms with Crippen molar-refractivity contribution < 1.29 is 0 Å². The lowest BCUT2D eigenvalue weighted by Crippen LogP contribution is -2.39. The van der Waals surface area contributed by atoms with Gasteiger partial charge in [-0.2, -0.15) is 0 Å². The van der Waals surface area contributed by atoms with E-state index in [-0.39, 0.29) is 5.41 Å². The number of hydrogen-bond donors (Lipinski definition) is 1. The van der Waals surface area contributed by atoms with E-state index in [9.17, 15) is 0 Å². The SMILES string of the molecule is C=C[C@@]12C=CCN(CCc3c([nH]c4ccccc34)CC1)C2. The lowest BCUT2D eigenvalue weighted by Gasteiger charge is -2.36. The molecule has 1 unspecified atom stereocenters. The molecule has 2 nitrogen and oxygen atoms in total. The van der Waals surface area contributed by atoms with Crippen molar-refractivity contribution in [2.75, 3.05) is 19.6 Å². The molecule has 0 amide bonds. The van der Waals surface area contributed by atoms with E-state index in [1.54, 1.807) is 0 Å². The molecule has 0 saturated carbocycles. The third-order valence-electron chi connectivity index (χ3n) is 5.16. The van der Waals surface area contributed by atoms with Crippen LogP contribution in [0.1, 0.15) is 17.7 Å². The Balaban J connectivity index is 1.78. The van der Waals surface area contributed by atoms with Crippen molar-refractivity contribution in [3.8, 4) is 0 Å². The van der Waals surface area contributed by atoms with Crippen molar-refractivity contribution >= 4 is 10.9 Å². The van der Waals surface area contributed by atoms with Gasteiger partial charge in [-0.15, -0.1) is 6.58 Å². The molecule has 1 aromatic heterocycles. The van der Waals surface area contributed by atoms with Crippen molar-refractivity contribution in [1.82, 2.24) is 9.88 Å². The number of nitrogens with one attached hydrogen (secondary N) is 1. The Hall–Kier alpha value is -1.80. The number of H-pyrrole nitrogens is 1. The summed E-state index contributed by atoms with van der Waals surface area (Å²) in [5.74, 6) is 0. The summed E-state index contributed by atoms with van der Waals surface area (Å²) in [6.45, 7) is 7.44. The zero-order valence-electron chi connectivity index (χ0n) is 12.4. The number of aromatic nitrogens is 1. The number of fused-ring (bicyclic) bond motifs is 5. The molecule has 1 aromatic carbocycles. The predicted octanol–water partition coefficient (Wildman–Crippen LogP) is 3.70. The smallest absolute Gasteiger partial charge is 0.0458 e. The highest BCUT2D eigenvalue weighted by atomic mass is 15.1. The van der Waals surface area contributed by atoms with Gasteiger partial charge in [0.25, 0.3) is 0 Å². The van der Waals surface area contributed by atoms with E-state index in [0.717, 1.165) is 38.9 Å². The van der Waals surface area contributed by atoms with Gasteiger partial charge in [-0.05, 0) is 30.9 Å². The first kappa shape index (κ1) is 12.9. The molecular weight excluding hydrogens is 256 g/mol. The maximum atomic E-state index is 4.11. The fourth-order valence-corrected chi connectivity index (χ4v) is 3.92. The number of benzene rings is 1. The van der Waals surface area contributed by atoms with Crippen molar-refractivity contribution in [3.05, 3.63) is 60.3 Å². The maximum Gasteiger partial charge on any atom is 0.0458 e. The standard InChI is InChI=1S/C19H22N2/c1-2-19-10-5-12-21(14-19)13-9-16-15-6-3-4-7-17(15)20-18(16)8-11-19/h2-7,10,20H,1,8-9,11-14H2/t19-/m1/s1. The molecular formula is C19H22N2. The Morgan fingerprint density at radius 1 is 1.24 bits per heavy atom. The van der Waals surface area contributed by atoms with E-state index in [0.29, 0.717) is 0 Å². The van der Waals surface area contributed by atoms with Gasteiger partial charge in [-0.1, -0.05) is 36.4 Å². The van der Waals surface area contributed by atoms with Crippen LogP contribution in [0.2, 0.25) is 0 Å². The van der Waals surface area contributed by atoms with Crippen LogP contribution < -0.4 is 0 Å². The number of rotatable bonds is 1. The summed E-state index contributed by atoms with van der Waals surface area (Å²) in [5, 5.41) is 1.41. The third kappa shape index (κ3) is 2.14. The number of aryl methyl sites for hydroxylation is 1. The fraction of sp³-hybridized carbons (Fsp3) is 0.368. The lowest BCUT2D eigenvalue weighted by atomic mass is 9.80. The Kier molecular flexibility index (Phi) is 3.00. The van der Waals surface area contributed by atoms with Gasteiger partial charge in [-0.25, -0.2) is 0 Å². The second-order valence-corrected chi connectivity index (χ2v) is 6.45. The van der Waals surface area contributed by atoms with E-state index in [2.05, 4.69) is 59.0 Å². The molecule has 108 valence electrons. The zero-order chi connectivity index (χ0) is 14.3. The summed E-state index contributed by atoms with van der Waals surface area (Å²) in [5.41, 5.74) is 4.39. The summed E-state index contributed by atoms with van der Waals surface area (Å²) in [7, 11) is 0. The van der Waals surface area contributed by atoms with Crippen molar-refractivity contribution in [2.45, 2.75) is 19.3 Å². The first-order chi connectivity index (χ1) is 10.3. The first-order valence-electron chi connectivity index (χ1n) is 7.92. The van der Waals surface area contributed by atoms with Crippen LogP contribution in [0.15, 0.2) is 49.1 Å². The average Bonchev–Trinajstić information content (AvgIpc) is 2.90. The topological polar surface area (TPSA) is 19.0 Å². The molecule has 1 N–H and O–H groups in total. The summed E-state index contributed by atoms with van der Waals surface area (Å²) < 4.78 is 0. The Bertz CT molecular complexity index is 709. The minimum Gasteiger partial charge on any atom is -0.358 e. The summed E-state index contributed by atoms with van der Waals surface area (Å²) in [6, 6.07) is 8.71. The van der Waals surface area contributed by atoms with E-state index < -0.39 is 0 Å². The molecule has 2 aliphatic rings. The van der Waals surface area contributed by atoms with Crippen LogP contribution in [0, 0.1) is 5.41 Å². The number of aromatic amines is 1. The average molecular weight is 278 g/mol. The van der Waals surface area contributed by atoms with Crippen molar-refractivity contribution in [3.63, 3.8) is 0 Å². The molecule has 4 rings (SSSR count). The van der Waals surface area contributed by atoms with Crippen LogP contribution in [0.4, 0.5) is 0 Å². The first-order valence-corrected chi connectivity index (χ1v) is 7.92. The van der Waals surface area contributed by atoms with Gasteiger partial charge in [-0.3, -0.25) is 4.90 Å². The normalized spacial score (nSPS) is 28.5. The molecule has 2 bridgehead atoms. The largest absolute Gasteiger partial charge is 0.358 e. The second-order valence-electron chi connectivity index (χ2n) is 6.45. The van der Waals surface area contributed by atoms with Crippen LogP contribution in [-0.2, 0) is 12.8 Å². The van der Waals surface area contributed by atoms with Crippen LogP contribution in [0.5, 0.6) is 0 Å². The predicted molar refractivity (Wildman–Crippen MR) is 88.5 cm³/mol. The monoisotopic (exact) mass is 278 g/mol. The molecule has 2 atom stereocenters. The highest BCUT2D eigenvalue weighted by Crippen LogP contribution is 2.35. The molecule has 0 saturated heterocycles. The van der Waals surface area contributed by atoms with Crippen LogP contribution in [0.3, 0.4) is 0 Å². The molecule has 0 fully saturated rings. The van der Waals surface area contributed by atoms with E-state index in [1.165, 1.54) is 22.2 Å². The zero-order valence-corrected chi connectivity index (χ0v) is 12.4. The highest BCUT2D eigenvalue weighted by molar-refractivity contribution is 5.84.